The van der Waals surface area contributed by atoms with Gasteiger partial charge in [0.15, 0.2) is 0 Å². The van der Waals surface area contributed by atoms with E-state index in [0.29, 0.717) is 35.4 Å². The van der Waals surface area contributed by atoms with Crippen molar-refractivity contribution in [3.8, 4) is 0 Å². The predicted octanol–water partition coefficient (Wildman–Crippen LogP) is 2.83. The van der Waals surface area contributed by atoms with E-state index in [1.54, 1.807) is 31.4 Å². The fourth-order valence-corrected chi connectivity index (χ4v) is 1.89. The van der Waals surface area contributed by atoms with Crippen molar-refractivity contribution in [2.45, 2.75) is 6.42 Å². The van der Waals surface area contributed by atoms with Gasteiger partial charge in [-0.15, -0.1) is 0 Å². The molecule has 0 saturated heterocycles. The number of rotatable bonds is 7. The van der Waals surface area contributed by atoms with Crippen molar-refractivity contribution in [2.24, 2.45) is 0 Å². The lowest BCUT2D eigenvalue weighted by Gasteiger charge is -2.07. The highest BCUT2D eigenvalue weighted by Crippen LogP contribution is 2.21. The lowest BCUT2D eigenvalue weighted by molar-refractivity contribution is 0.102. The topological polar surface area (TPSA) is 76.1 Å². The number of hydrogen-bond donors (Lipinski definition) is 2. The van der Waals surface area contributed by atoms with Gasteiger partial charge in [0, 0.05) is 32.7 Å². The number of amides is 1. The molecule has 2 aromatic rings. The zero-order valence-electron chi connectivity index (χ0n) is 12.2. The van der Waals surface area contributed by atoms with E-state index in [4.69, 9.17) is 16.3 Å². The fourth-order valence-electron chi connectivity index (χ4n) is 1.71. The lowest BCUT2D eigenvalue weighted by atomic mass is 10.3. The number of aromatic nitrogens is 2. The van der Waals surface area contributed by atoms with Crippen LogP contribution in [0.5, 0.6) is 0 Å². The molecule has 0 radical (unpaired) electrons. The van der Waals surface area contributed by atoms with Crippen LogP contribution in [-0.2, 0) is 4.74 Å². The summed E-state index contributed by atoms with van der Waals surface area (Å²) in [6, 6.07) is 7.03. The normalized spacial score (nSPS) is 10.3. The quantitative estimate of drug-likeness (QED) is 0.767. The fraction of sp³-hybridized carbons (Fsp3) is 0.267. The maximum Gasteiger partial charge on any atom is 0.258 e. The highest BCUT2D eigenvalue weighted by Gasteiger charge is 2.09. The van der Waals surface area contributed by atoms with E-state index in [0.717, 1.165) is 6.42 Å². The Morgan fingerprint density at radius 1 is 1.27 bits per heavy atom. The average molecular weight is 321 g/mol. The van der Waals surface area contributed by atoms with Crippen LogP contribution in [0.15, 0.2) is 36.7 Å². The molecule has 0 aliphatic carbocycles. The third kappa shape index (κ3) is 4.68. The molecule has 1 aromatic heterocycles. The molecule has 1 aromatic carbocycles. The second-order valence-electron chi connectivity index (χ2n) is 4.50. The molecule has 0 unspecified atom stereocenters. The van der Waals surface area contributed by atoms with Gasteiger partial charge < -0.3 is 15.4 Å². The molecule has 0 aliphatic rings. The van der Waals surface area contributed by atoms with Crippen molar-refractivity contribution < 1.29 is 9.53 Å². The maximum absolute atomic E-state index is 12.1. The first-order valence-electron chi connectivity index (χ1n) is 6.81. The lowest BCUT2D eigenvalue weighted by Crippen LogP contribution is -2.14. The van der Waals surface area contributed by atoms with Crippen molar-refractivity contribution >= 4 is 29.1 Å². The number of halogens is 1. The number of nitrogens with zero attached hydrogens (tertiary/aromatic N) is 2. The number of methoxy groups -OCH3 is 1. The van der Waals surface area contributed by atoms with Gasteiger partial charge in [-0.2, -0.15) is 0 Å². The molecule has 1 amide bonds. The van der Waals surface area contributed by atoms with Crippen LogP contribution in [0.3, 0.4) is 0 Å². The van der Waals surface area contributed by atoms with Crippen molar-refractivity contribution in [3.63, 3.8) is 0 Å². The Balaban J connectivity index is 1.92. The van der Waals surface area contributed by atoms with Crippen molar-refractivity contribution in [1.82, 2.24) is 9.97 Å². The molecule has 6 nitrogen and oxygen atoms in total. The largest absolute Gasteiger partial charge is 0.385 e. The van der Waals surface area contributed by atoms with Gasteiger partial charge >= 0.3 is 0 Å². The summed E-state index contributed by atoms with van der Waals surface area (Å²) in [6.45, 7) is 1.38. The summed E-state index contributed by atoms with van der Waals surface area (Å²) in [5.41, 5.74) is 0.915. The first-order valence-corrected chi connectivity index (χ1v) is 7.19. The molecule has 0 bridgehead atoms. The Morgan fingerprint density at radius 2 is 2.00 bits per heavy atom. The number of hydrogen-bond acceptors (Lipinski definition) is 5. The molecule has 22 heavy (non-hydrogen) atoms. The number of anilines is 2. The van der Waals surface area contributed by atoms with E-state index in [1.807, 2.05) is 0 Å². The SMILES string of the molecule is COCCCNc1ncc(C(=O)Nc2ccccc2Cl)cn1. The Morgan fingerprint density at radius 3 is 2.68 bits per heavy atom. The summed E-state index contributed by atoms with van der Waals surface area (Å²) in [5.74, 6) is 0.171. The number of carbonyl (C=O) groups excluding carboxylic acids is 1. The average Bonchev–Trinajstić information content (AvgIpc) is 2.54. The monoisotopic (exact) mass is 320 g/mol. The highest BCUT2D eigenvalue weighted by atomic mass is 35.5. The first kappa shape index (κ1) is 16.2. The molecule has 2 rings (SSSR count). The van der Waals surface area contributed by atoms with Crippen LogP contribution in [0.4, 0.5) is 11.6 Å². The van der Waals surface area contributed by atoms with Crippen LogP contribution in [-0.4, -0.2) is 36.1 Å². The predicted molar refractivity (Wildman–Crippen MR) is 86.4 cm³/mol. The van der Waals surface area contributed by atoms with Crippen LogP contribution in [0.1, 0.15) is 16.8 Å². The summed E-state index contributed by atoms with van der Waals surface area (Å²) in [7, 11) is 1.66. The Labute approximate surface area is 133 Å². The van der Waals surface area contributed by atoms with Gasteiger partial charge in [-0.05, 0) is 18.6 Å². The van der Waals surface area contributed by atoms with Gasteiger partial charge in [0.25, 0.3) is 5.91 Å². The van der Waals surface area contributed by atoms with Crippen LogP contribution < -0.4 is 10.6 Å². The van der Waals surface area contributed by atoms with Crippen molar-refractivity contribution in [2.75, 3.05) is 30.9 Å². The first-order chi connectivity index (χ1) is 10.7. The molecule has 7 heteroatoms. The number of benzene rings is 1. The van der Waals surface area contributed by atoms with Gasteiger partial charge in [0.05, 0.1) is 16.3 Å². The van der Waals surface area contributed by atoms with Crippen LogP contribution in [0.25, 0.3) is 0 Å². The van der Waals surface area contributed by atoms with Crippen LogP contribution in [0.2, 0.25) is 5.02 Å². The number of nitrogens with one attached hydrogen (secondary N) is 2. The summed E-state index contributed by atoms with van der Waals surface area (Å²) in [6.07, 6.45) is 3.80. The van der Waals surface area contributed by atoms with Gasteiger partial charge in [-0.1, -0.05) is 23.7 Å². The smallest absolute Gasteiger partial charge is 0.258 e. The number of para-hydroxylation sites is 1. The van der Waals surface area contributed by atoms with E-state index in [9.17, 15) is 4.79 Å². The van der Waals surface area contributed by atoms with Gasteiger partial charge in [0.1, 0.15) is 0 Å². The minimum atomic E-state index is -0.306. The summed E-state index contributed by atoms with van der Waals surface area (Å²) in [5, 5.41) is 6.25. The Kier molecular flexibility index (Phi) is 6.12. The standard InChI is InChI=1S/C15H17ClN4O2/c1-22-8-4-7-17-15-18-9-11(10-19-15)14(21)20-13-6-3-2-5-12(13)16/h2-3,5-6,9-10H,4,7-8H2,1H3,(H,20,21)(H,17,18,19). The minimum Gasteiger partial charge on any atom is -0.385 e. The van der Waals surface area contributed by atoms with E-state index < -0.39 is 0 Å². The molecule has 0 spiro atoms. The third-order valence-electron chi connectivity index (χ3n) is 2.84. The van der Waals surface area contributed by atoms with E-state index in [1.165, 1.54) is 12.4 Å². The Bertz CT molecular complexity index is 619. The summed E-state index contributed by atoms with van der Waals surface area (Å²) in [4.78, 5) is 20.3. The van der Waals surface area contributed by atoms with Crippen LogP contribution in [0, 0.1) is 0 Å². The molecular formula is C15H17ClN4O2. The molecule has 0 saturated carbocycles. The molecule has 116 valence electrons. The molecule has 1 heterocycles. The summed E-state index contributed by atoms with van der Waals surface area (Å²) < 4.78 is 4.95. The second kappa shape index (κ2) is 8.31. The van der Waals surface area contributed by atoms with Crippen molar-refractivity contribution in [3.05, 3.63) is 47.2 Å². The zero-order chi connectivity index (χ0) is 15.8. The van der Waals surface area contributed by atoms with Gasteiger partial charge in [-0.25, -0.2) is 9.97 Å². The minimum absolute atomic E-state index is 0.306. The molecule has 2 N–H and O–H groups in total. The Hall–Kier alpha value is -2.18. The van der Waals surface area contributed by atoms with E-state index >= 15 is 0 Å². The van der Waals surface area contributed by atoms with E-state index in [-0.39, 0.29) is 5.91 Å². The van der Waals surface area contributed by atoms with E-state index in [2.05, 4.69) is 20.6 Å². The number of ether oxygens (including phenoxy) is 1. The summed E-state index contributed by atoms with van der Waals surface area (Å²) >= 11 is 6.00. The zero-order valence-corrected chi connectivity index (χ0v) is 12.9. The second-order valence-corrected chi connectivity index (χ2v) is 4.91. The maximum atomic E-state index is 12.1. The third-order valence-corrected chi connectivity index (χ3v) is 3.17. The highest BCUT2D eigenvalue weighted by molar-refractivity contribution is 6.33. The van der Waals surface area contributed by atoms with Crippen LogP contribution >= 0.6 is 11.6 Å². The molecule has 0 aliphatic heterocycles. The molecular weight excluding hydrogens is 304 g/mol. The van der Waals surface area contributed by atoms with Crippen molar-refractivity contribution in [1.29, 1.82) is 0 Å². The van der Waals surface area contributed by atoms with Gasteiger partial charge in [-0.3, -0.25) is 4.79 Å². The molecule has 0 fully saturated rings. The number of carbonyl (C=O) groups is 1. The van der Waals surface area contributed by atoms with Gasteiger partial charge in [0.2, 0.25) is 5.95 Å². The molecule has 0 atom stereocenters.